The zero-order chi connectivity index (χ0) is 17.6. The molecule has 0 radical (unpaired) electrons. The molecule has 0 aliphatic carbocycles. The van der Waals surface area contributed by atoms with Gasteiger partial charge in [-0.05, 0) is 43.3 Å². The molecule has 2 amide bonds. The molecule has 2 heterocycles. The van der Waals surface area contributed by atoms with Crippen LogP contribution in [0.15, 0.2) is 61.4 Å². The number of nitrogens with one attached hydrogen (secondary N) is 2. The summed E-state index contributed by atoms with van der Waals surface area (Å²) >= 11 is 0. The first kappa shape index (κ1) is 16.3. The zero-order valence-electron chi connectivity index (χ0n) is 13.5. The standard InChI is InChI=1S/C17H16N6O2/c1-12(23-11-19-10-20-23)16(24)21-14-4-6-15(7-5-14)22-17(25)13-3-2-8-18-9-13/h2-12H,1H3,(H,21,24)(H,22,25). The molecule has 3 aromatic rings. The lowest BCUT2D eigenvalue weighted by atomic mass is 10.2. The maximum absolute atomic E-state index is 12.2. The maximum atomic E-state index is 12.2. The van der Waals surface area contributed by atoms with Gasteiger partial charge in [0.2, 0.25) is 5.91 Å². The van der Waals surface area contributed by atoms with Crippen molar-refractivity contribution in [1.82, 2.24) is 19.7 Å². The van der Waals surface area contributed by atoms with Crippen molar-refractivity contribution in [2.45, 2.75) is 13.0 Å². The van der Waals surface area contributed by atoms with Crippen LogP contribution >= 0.6 is 0 Å². The van der Waals surface area contributed by atoms with Gasteiger partial charge in [-0.25, -0.2) is 9.67 Å². The van der Waals surface area contributed by atoms with E-state index in [9.17, 15) is 9.59 Å². The van der Waals surface area contributed by atoms with Gasteiger partial charge >= 0.3 is 0 Å². The summed E-state index contributed by atoms with van der Waals surface area (Å²) in [4.78, 5) is 32.0. The lowest BCUT2D eigenvalue weighted by Crippen LogP contribution is -2.24. The van der Waals surface area contributed by atoms with Crippen LogP contribution in [0.25, 0.3) is 0 Å². The second-order valence-corrected chi connectivity index (χ2v) is 5.31. The molecule has 0 aliphatic heterocycles. The van der Waals surface area contributed by atoms with Crippen LogP contribution in [0.1, 0.15) is 23.3 Å². The number of hydrogen-bond donors (Lipinski definition) is 2. The fraction of sp³-hybridized carbons (Fsp3) is 0.118. The van der Waals surface area contributed by atoms with Gasteiger partial charge in [-0.1, -0.05) is 0 Å². The van der Waals surface area contributed by atoms with Crippen LogP contribution in [0.4, 0.5) is 11.4 Å². The summed E-state index contributed by atoms with van der Waals surface area (Å²) < 4.78 is 1.47. The smallest absolute Gasteiger partial charge is 0.257 e. The van der Waals surface area contributed by atoms with E-state index in [-0.39, 0.29) is 11.8 Å². The van der Waals surface area contributed by atoms with Crippen molar-refractivity contribution in [1.29, 1.82) is 0 Å². The molecule has 8 heteroatoms. The lowest BCUT2D eigenvalue weighted by molar-refractivity contribution is -0.119. The van der Waals surface area contributed by atoms with Crippen molar-refractivity contribution >= 4 is 23.2 Å². The number of pyridine rings is 1. The van der Waals surface area contributed by atoms with Gasteiger partial charge in [0.1, 0.15) is 18.7 Å². The van der Waals surface area contributed by atoms with Crippen molar-refractivity contribution in [2.24, 2.45) is 0 Å². The molecule has 0 bridgehead atoms. The van der Waals surface area contributed by atoms with Crippen molar-refractivity contribution in [3.63, 3.8) is 0 Å². The van der Waals surface area contributed by atoms with Crippen LogP contribution in [0.2, 0.25) is 0 Å². The van der Waals surface area contributed by atoms with Crippen LogP contribution in [-0.4, -0.2) is 31.6 Å². The van der Waals surface area contributed by atoms with Gasteiger partial charge in [-0.2, -0.15) is 5.10 Å². The van der Waals surface area contributed by atoms with Gasteiger partial charge in [0.15, 0.2) is 0 Å². The molecule has 1 atom stereocenters. The van der Waals surface area contributed by atoms with Gasteiger partial charge in [-0.15, -0.1) is 0 Å². The second kappa shape index (κ2) is 7.35. The molecular formula is C17H16N6O2. The van der Waals surface area contributed by atoms with E-state index < -0.39 is 6.04 Å². The molecule has 0 aliphatic rings. The Morgan fingerprint density at radius 3 is 2.36 bits per heavy atom. The summed E-state index contributed by atoms with van der Waals surface area (Å²) in [5.74, 6) is -0.456. The third-order valence-corrected chi connectivity index (χ3v) is 3.55. The minimum Gasteiger partial charge on any atom is -0.324 e. The molecule has 126 valence electrons. The monoisotopic (exact) mass is 336 g/mol. The molecule has 0 saturated heterocycles. The molecule has 1 aromatic carbocycles. The highest BCUT2D eigenvalue weighted by Crippen LogP contribution is 2.16. The Hall–Kier alpha value is -3.55. The van der Waals surface area contributed by atoms with Crippen LogP contribution in [0, 0.1) is 0 Å². The molecule has 2 N–H and O–H groups in total. The summed E-state index contributed by atoms with van der Waals surface area (Å²) in [5.41, 5.74) is 1.72. The number of nitrogens with zero attached hydrogens (tertiary/aromatic N) is 4. The molecule has 0 spiro atoms. The van der Waals surface area contributed by atoms with Gasteiger partial charge in [0, 0.05) is 23.8 Å². The summed E-state index contributed by atoms with van der Waals surface area (Å²) in [6, 6.07) is 9.75. The second-order valence-electron chi connectivity index (χ2n) is 5.31. The predicted octanol–water partition coefficient (Wildman–Crippen LogP) is 2.13. The topological polar surface area (TPSA) is 102 Å². The molecule has 2 aromatic heterocycles. The predicted molar refractivity (Wildman–Crippen MR) is 92.0 cm³/mol. The zero-order valence-corrected chi connectivity index (χ0v) is 13.5. The molecular weight excluding hydrogens is 320 g/mol. The SMILES string of the molecule is CC(C(=O)Nc1ccc(NC(=O)c2cccnc2)cc1)n1cncn1. The Morgan fingerprint density at radius 1 is 1.04 bits per heavy atom. The Kier molecular flexibility index (Phi) is 4.79. The van der Waals surface area contributed by atoms with Crippen LogP contribution in [0.5, 0.6) is 0 Å². The van der Waals surface area contributed by atoms with Gasteiger partial charge in [-0.3, -0.25) is 14.6 Å². The fourth-order valence-electron chi connectivity index (χ4n) is 2.12. The number of hydrogen-bond acceptors (Lipinski definition) is 5. The molecule has 8 nitrogen and oxygen atoms in total. The van der Waals surface area contributed by atoms with Crippen LogP contribution < -0.4 is 10.6 Å². The first-order chi connectivity index (χ1) is 12.1. The lowest BCUT2D eigenvalue weighted by Gasteiger charge is -2.12. The van der Waals surface area contributed by atoms with Crippen LogP contribution in [-0.2, 0) is 4.79 Å². The highest BCUT2D eigenvalue weighted by Gasteiger charge is 2.15. The minimum absolute atomic E-state index is 0.211. The number of anilines is 2. The van der Waals surface area contributed by atoms with Gasteiger partial charge < -0.3 is 10.6 Å². The van der Waals surface area contributed by atoms with Gasteiger partial charge in [0.05, 0.1) is 5.56 Å². The Morgan fingerprint density at radius 2 is 1.76 bits per heavy atom. The molecule has 3 rings (SSSR count). The highest BCUT2D eigenvalue weighted by molar-refractivity contribution is 6.04. The van der Waals surface area contributed by atoms with Crippen molar-refractivity contribution in [3.8, 4) is 0 Å². The Balaban J connectivity index is 1.60. The van der Waals surface area contributed by atoms with E-state index in [1.807, 2.05) is 0 Å². The van der Waals surface area contributed by atoms with E-state index in [0.717, 1.165) is 0 Å². The third kappa shape index (κ3) is 4.05. The molecule has 0 saturated carbocycles. The summed E-state index contributed by atoms with van der Waals surface area (Å²) in [6.07, 6.45) is 5.97. The largest absolute Gasteiger partial charge is 0.324 e. The summed E-state index contributed by atoms with van der Waals surface area (Å²) in [6.45, 7) is 1.73. The van der Waals surface area contributed by atoms with Gasteiger partial charge in [0.25, 0.3) is 5.91 Å². The molecule has 1 unspecified atom stereocenters. The minimum atomic E-state index is -0.479. The fourth-order valence-corrected chi connectivity index (χ4v) is 2.12. The molecule has 25 heavy (non-hydrogen) atoms. The van der Waals surface area contributed by atoms with E-state index in [0.29, 0.717) is 16.9 Å². The summed E-state index contributed by atoms with van der Waals surface area (Å²) in [7, 11) is 0. The number of amides is 2. The number of aromatic nitrogens is 4. The highest BCUT2D eigenvalue weighted by atomic mass is 16.2. The summed E-state index contributed by atoms with van der Waals surface area (Å²) in [5, 5.41) is 9.51. The quantitative estimate of drug-likeness (QED) is 0.743. The van der Waals surface area contributed by atoms with Crippen molar-refractivity contribution in [2.75, 3.05) is 10.6 Å². The van der Waals surface area contributed by atoms with E-state index in [2.05, 4.69) is 25.7 Å². The Labute approximate surface area is 143 Å². The first-order valence-electron chi connectivity index (χ1n) is 7.60. The van der Waals surface area contributed by atoms with Crippen LogP contribution in [0.3, 0.4) is 0 Å². The van der Waals surface area contributed by atoms with E-state index >= 15 is 0 Å². The normalized spacial score (nSPS) is 11.6. The number of rotatable bonds is 5. The average molecular weight is 336 g/mol. The first-order valence-corrected chi connectivity index (χ1v) is 7.60. The van der Waals surface area contributed by atoms with E-state index in [4.69, 9.17) is 0 Å². The van der Waals surface area contributed by atoms with Crippen molar-refractivity contribution in [3.05, 3.63) is 67.0 Å². The third-order valence-electron chi connectivity index (χ3n) is 3.55. The number of benzene rings is 1. The number of carbonyl (C=O) groups is 2. The average Bonchev–Trinajstić information content (AvgIpc) is 3.18. The number of carbonyl (C=O) groups excluding carboxylic acids is 2. The van der Waals surface area contributed by atoms with E-state index in [1.54, 1.807) is 49.5 Å². The maximum Gasteiger partial charge on any atom is 0.257 e. The van der Waals surface area contributed by atoms with E-state index in [1.165, 1.54) is 23.5 Å². The van der Waals surface area contributed by atoms with Crippen molar-refractivity contribution < 1.29 is 9.59 Å². The Bertz CT molecular complexity index is 847. The molecule has 0 fully saturated rings.